The first kappa shape index (κ1) is 12.0. The molecule has 2 aromatic rings. The highest BCUT2D eigenvalue weighted by atomic mass is 19.1. The molecular weight excluding hydrogens is 239 g/mol. The number of nitro groups is 1. The Morgan fingerprint density at radius 2 is 2.17 bits per heavy atom. The fourth-order valence-electron chi connectivity index (χ4n) is 1.60. The lowest BCUT2D eigenvalue weighted by Gasteiger charge is -2.06. The number of hydrogen-bond acceptors (Lipinski definition) is 4. The van der Waals surface area contributed by atoms with Crippen LogP contribution >= 0.6 is 0 Å². The van der Waals surface area contributed by atoms with Crippen molar-refractivity contribution in [3.8, 4) is 17.0 Å². The van der Waals surface area contributed by atoms with Crippen LogP contribution in [-0.2, 0) is 0 Å². The predicted molar refractivity (Wildman–Crippen MR) is 62.8 cm³/mol. The molecular formula is C12H9FN2O3. The monoisotopic (exact) mass is 248 g/mol. The van der Waals surface area contributed by atoms with Gasteiger partial charge in [0.2, 0.25) is 11.7 Å². The van der Waals surface area contributed by atoms with Crippen molar-refractivity contribution in [1.82, 2.24) is 4.98 Å². The van der Waals surface area contributed by atoms with E-state index in [1.807, 2.05) is 0 Å². The van der Waals surface area contributed by atoms with Gasteiger partial charge in [0.15, 0.2) is 0 Å². The molecule has 0 N–H and O–H groups in total. The minimum Gasteiger partial charge on any atom is -0.481 e. The van der Waals surface area contributed by atoms with E-state index in [0.717, 1.165) is 12.1 Å². The van der Waals surface area contributed by atoms with Crippen LogP contribution in [-0.4, -0.2) is 17.0 Å². The summed E-state index contributed by atoms with van der Waals surface area (Å²) in [7, 11) is 1.45. The van der Waals surface area contributed by atoms with Crippen molar-refractivity contribution < 1.29 is 14.1 Å². The van der Waals surface area contributed by atoms with E-state index in [1.54, 1.807) is 18.3 Å². The molecule has 0 saturated heterocycles. The molecule has 0 spiro atoms. The molecule has 6 heteroatoms. The molecule has 2 rings (SSSR count). The van der Waals surface area contributed by atoms with Crippen LogP contribution in [0.4, 0.5) is 10.1 Å². The van der Waals surface area contributed by atoms with Crippen LogP contribution in [0.3, 0.4) is 0 Å². The topological polar surface area (TPSA) is 65.3 Å². The Morgan fingerprint density at radius 1 is 1.39 bits per heavy atom. The number of halogens is 1. The summed E-state index contributed by atoms with van der Waals surface area (Å²) in [4.78, 5) is 13.7. The third-order valence-corrected chi connectivity index (χ3v) is 2.42. The quantitative estimate of drug-likeness (QED) is 0.618. The number of methoxy groups -OCH3 is 1. The summed E-state index contributed by atoms with van der Waals surface area (Å²) in [5.41, 5.74) is 0.499. The number of nitrogens with zero attached hydrogens (tertiary/aromatic N) is 2. The minimum atomic E-state index is -0.886. The third-order valence-electron chi connectivity index (χ3n) is 2.42. The molecule has 0 atom stereocenters. The number of aromatic nitrogens is 1. The standard InChI is InChI=1S/C12H9FN2O3/c1-18-12-9(3-2-6-14-12)8-4-5-11(15(16)17)10(13)7-8/h2-7H,1H3. The summed E-state index contributed by atoms with van der Waals surface area (Å²) in [5.74, 6) is -0.547. The van der Waals surface area contributed by atoms with E-state index in [4.69, 9.17) is 4.74 Å². The Labute approximate surface area is 102 Å². The maximum atomic E-state index is 13.5. The molecule has 0 radical (unpaired) electrons. The zero-order valence-electron chi connectivity index (χ0n) is 9.46. The fraction of sp³-hybridized carbons (Fsp3) is 0.0833. The van der Waals surface area contributed by atoms with Crippen LogP contribution in [0.25, 0.3) is 11.1 Å². The summed E-state index contributed by atoms with van der Waals surface area (Å²) < 4.78 is 18.6. The Balaban J connectivity index is 2.52. The van der Waals surface area contributed by atoms with Gasteiger partial charge in [-0.3, -0.25) is 10.1 Å². The van der Waals surface area contributed by atoms with Gasteiger partial charge < -0.3 is 4.74 Å². The summed E-state index contributed by atoms with van der Waals surface area (Å²) in [5, 5.41) is 10.5. The maximum Gasteiger partial charge on any atom is 0.304 e. The lowest BCUT2D eigenvalue weighted by molar-refractivity contribution is -0.387. The fourth-order valence-corrected chi connectivity index (χ4v) is 1.60. The van der Waals surface area contributed by atoms with Crippen molar-refractivity contribution in [2.75, 3.05) is 7.11 Å². The molecule has 0 aliphatic rings. The number of ether oxygens (including phenoxy) is 1. The molecule has 0 fully saturated rings. The van der Waals surface area contributed by atoms with Crippen molar-refractivity contribution in [3.05, 3.63) is 52.5 Å². The van der Waals surface area contributed by atoms with E-state index in [0.29, 0.717) is 17.0 Å². The van der Waals surface area contributed by atoms with Crippen LogP contribution in [0.15, 0.2) is 36.5 Å². The van der Waals surface area contributed by atoms with Gasteiger partial charge in [-0.05, 0) is 29.8 Å². The summed E-state index contributed by atoms with van der Waals surface area (Å²) in [6.07, 6.45) is 1.55. The van der Waals surface area contributed by atoms with E-state index < -0.39 is 16.4 Å². The first-order valence-electron chi connectivity index (χ1n) is 5.07. The Hall–Kier alpha value is -2.50. The smallest absolute Gasteiger partial charge is 0.304 e. The van der Waals surface area contributed by atoms with Crippen LogP contribution < -0.4 is 4.74 Å². The van der Waals surface area contributed by atoms with Crippen molar-refractivity contribution in [2.45, 2.75) is 0 Å². The largest absolute Gasteiger partial charge is 0.481 e. The van der Waals surface area contributed by atoms with Crippen molar-refractivity contribution in [3.63, 3.8) is 0 Å². The van der Waals surface area contributed by atoms with Gasteiger partial charge in [-0.2, -0.15) is 4.39 Å². The Bertz CT molecular complexity index is 602. The highest BCUT2D eigenvalue weighted by Crippen LogP contribution is 2.30. The molecule has 1 heterocycles. The molecule has 5 nitrogen and oxygen atoms in total. The molecule has 18 heavy (non-hydrogen) atoms. The molecule has 92 valence electrons. The average molecular weight is 248 g/mol. The zero-order chi connectivity index (χ0) is 13.1. The van der Waals surface area contributed by atoms with E-state index in [2.05, 4.69) is 4.98 Å². The molecule has 1 aromatic heterocycles. The van der Waals surface area contributed by atoms with Gasteiger partial charge in [-0.25, -0.2) is 4.98 Å². The van der Waals surface area contributed by atoms with Gasteiger partial charge >= 0.3 is 5.69 Å². The lowest BCUT2D eigenvalue weighted by Crippen LogP contribution is -1.94. The maximum absolute atomic E-state index is 13.5. The highest BCUT2D eigenvalue weighted by Gasteiger charge is 2.16. The van der Waals surface area contributed by atoms with E-state index in [-0.39, 0.29) is 0 Å². The van der Waals surface area contributed by atoms with Gasteiger partial charge in [0.1, 0.15) is 0 Å². The number of pyridine rings is 1. The van der Waals surface area contributed by atoms with Crippen molar-refractivity contribution >= 4 is 5.69 Å². The second-order valence-electron chi connectivity index (χ2n) is 3.48. The summed E-state index contributed by atoms with van der Waals surface area (Å²) >= 11 is 0. The SMILES string of the molecule is COc1ncccc1-c1ccc([N+](=O)[O-])c(F)c1. The van der Waals surface area contributed by atoms with Gasteiger partial charge in [-0.1, -0.05) is 0 Å². The normalized spacial score (nSPS) is 10.1. The number of benzene rings is 1. The van der Waals surface area contributed by atoms with Gasteiger partial charge in [-0.15, -0.1) is 0 Å². The van der Waals surface area contributed by atoms with Crippen LogP contribution in [0.1, 0.15) is 0 Å². The zero-order valence-corrected chi connectivity index (χ0v) is 9.46. The lowest BCUT2D eigenvalue weighted by atomic mass is 10.1. The first-order valence-corrected chi connectivity index (χ1v) is 5.07. The Kier molecular flexibility index (Phi) is 3.18. The summed E-state index contributed by atoms with van der Waals surface area (Å²) in [6, 6.07) is 7.05. The number of nitro benzene ring substituents is 1. The molecule has 0 aliphatic carbocycles. The van der Waals surface area contributed by atoms with E-state index >= 15 is 0 Å². The predicted octanol–water partition coefficient (Wildman–Crippen LogP) is 2.80. The molecule has 0 aliphatic heterocycles. The average Bonchev–Trinajstić information content (AvgIpc) is 2.38. The number of rotatable bonds is 3. The number of hydrogen-bond donors (Lipinski definition) is 0. The van der Waals surface area contributed by atoms with E-state index in [1.165, 1.54) is 13.2 Å². The minimum absolute atomic E-state index is 0.339. The molecule has 0 saturated carbocycles. The second-order valence-corrected chi connectivity index (χ2v) is 3.48. The van der Waals surface area contributed by atoms with Gasteiger partial charge in [0, 0.05) is 17.8 Å². The molecule has 1 aromatic carbocycles. The highest BCUT2D eigenvalue weighted by molar-refractivity contribution is 5.69. The third kappa shape index (κ3) is 2.13. The summed E-state index contributed by atoms with van der Waals surface area (Å²) in [6.45, 7) is 0. The molecule has 0 bridgehead atoms. The van der Waals surface area contributed by atoms with Gasteiger partial charge in [0.05, 0.1) is 12.0 Å². The first-order chi connectivity index (χ1) is 8.63. The second kappa shape index (κ2) is 4.79. The Morgan fingerprint density at radius 3 is 2.78 bits per heavy atom. The van der Waals surface area contributed by atoms with Crippen LogP contribution in [0.2, 0.25) is 0 Å². The van der Waals surface area contributed by atoms with Crippen molar-refractivity contribution in [2.24, 2.45) is 0 Å². The van der Waals surface area contributed by atoms with Crippen molar-refractivity contribution in [1.29, 1.82) is 0 Å². The molecule has 0 amide bonds. The van der Waals surface area contributed by atoms with Crippen LogP contribution in [0.5, 0.6) is 5.88 Å². The van der Waals surface area contributed by atoms with Gasteiger partial charge in [0.25, 0.3) is 0 Å². The molecule has 0 unspecified atom stereocenters. The van der Waals surface area contributed by atoms with E-state index in [9.17, 15) is 14.5 Å². The van der Waals surface area contributed by atoms with Crippen LogP contribution in [0, 0.1) is 15.9 Å².